The predicted octanol–water partition coefficient (Wildman–Crippen LogP) is 8.87. The number of carbonyl (C=O) groups is 4. The van der Waals surface area contributed by atoms with Crippen LogP contribution in [0.5, 0.6) is 17.2 Å². The Labute approximate surface area is 415 Å². The third-order valence-corrected chi connectivity index (χ3v) is 10.4. The van der Waals surface area contributed by atoms with Crippen LogP contribution in [0.15, 0.2) is 66.7 Å². The Bertz CT molecular complexity index is 2480. The molecular weight excluding hydrogens is 914 g/mol. The van der Waals surface area contributed by atoms with E-state index in [4.69, 9.17) is 46.0 Å². The molecule has 0 aliphatic rings. The molecule has 0 saturated heterocycles. The van der Waals surface area contributed by atoms with Crippen LogP contribution >= 0.6 is 0 Å². The van der Waals surface area contributed by atoms with Gasteiger partial charge in [0.05, 0.1) is 42.9 Å². The number of nitrogens with two attached hydrogens (primary N) is 2. The molecule has 0 heterocycles. The van der Waals surface area contributed by atoms with Crippen molar-refractivity contribution in [2.75, 3.05) is 49.4 Å². The van der Waals surface area contributed by atoms with E-state index >= 15 is 0 Å². The lowest BCUT2D eigenvalue weighted by molar-refractivity contribution is 0.0597. The van der Waals surface area contributed by atoms with Gasteiger partial charge in [-0.25, -0.2) is 14.0 Å². The van der Waals surface area contributed by atoms with Gasteiger partial charge in [0, 0.05) is 24.2 Å². The number of methoxy groups -OCH3 is 1. The Morgan fingerprint density at radius 2 is 1.23 bits per heavy atom. The zero-order chi connectivity index (χ0) is 52.1. The van der Waals surface area contributed by atoms with Crippen LogP contribution in [-0.4, -0.2) is 74.8 Å². The van der Waals surface area contributed by atoms with Gasteiger partial charge in [-0.3, -0.25) is 25.7 Å². The number of nitrogens with one attached hydrogen (secondary N) is 7. The molecule has 0 radical (unpaired) electrons. The van der Waals surface area contributed by atoms with Crippen molar-refractivity contribution in [1.82, 2.24) is 10.6 Å². The zero-order valence-corrected chi connectivity index (χ0v) is 41.8. The van der Waals surface area contributed by atoms with Gasteiger partial charge in [-0.15, -0.1) is 0 Å². The van der Waals surface area contributed by atoms with Crippen molar-refractivity contribution in [1.29, 1.82) is 10.8 Å². The van der Waals surface area contributed by atoms with E-state index in [1.807, 2.05) is 20.8 Å². The smallest absolute Gasteiger partial charge is 0.412 e. The van der Waals surface area contributed by atoms with Gasteiger partial charge in [-0.1, -0.05) is 39.3 Å². The van der Waals surface area contributed by atoms with E-state index in [-0.39, 0.29) is 64.9 Å². The summed E-state index contributed by atoms with van der Waals surface area (Å²) in [5.41, 5.74) is 13.6. The molecule has 3 amide bonds. The zero-order valence-electron chi connectivity index (χ0n) is 41.8. The molecule has 0 saturated carbocycles. The van der Waals surface area contributed by atoms with Crippen LogP contribution in [0.1, 0.15) is 128 Å². The molecule has 0 unspecified atom stereocenters. The van der Waals surface area contributed by atoms with E-state index in [0.717, 1.165) is 6.42 Å². The van der Waals surface area contributed by atoms with E-state index in [9.17, 15) is 23.6 Å². The molecule has 18 nitrogen and oxygen atoms in total. The minimum absolute atomic E-state index is 0.0183. The highest BCUT2D eigenvalue weighted by Gasteiger charge is 2.24. The van der Waals surface area contributed by atoms with Gasteiger partial charge in [0.25, 0.3) is 11.8 Å². The number of guanidine groups is 2. The van der Waals surface area contributed by atoms with Crippen molar-refractivity contribution < 1.29 is 47.3 Å². The van der Waals surface area contributed by atoms with Crippen LogP contribution in [0.4, 0.5) is 26.2 Å². The van der Waals surface area contributed by atoms with Crippen molar-refractivity contribution in [2.45, 2.75) is 105 Å². The molecule has 384 valence electrons. The predicted molar refractivity (Wildman–Crippen MR) is 274 cm³/mol. The molecule has 4 rings (SSSR count). The highest BCUT2D eigenvalue weighted by atomic mass is 19.1. The molecule has 0 atom stereocenters. The summed E-state index contributed by atoms with van der Waals surface area (Å²) in [6, 6.07) is 16.7. The second-order valence-electron chi connectivity index (χ2n) is 18.2. The third kappa shape index (κ3) is 19.0. The van der Waals surface area contributed by atoms with Gasteiger partial charge in [-0.2, -0.15) is 0 Å². The first-order chi connectivity index (χ1) is 33.8. The highest BCUT2D eigenvalue weighted by molar-refractivity contribution is 6.09. The minimum atomic E-state index is -0.797. The summed E-state index contributed by atoms with van der Waals surface area (Å²) in [4.78, 5) is 54.9. The second-order valence-corrected chi connectivity index (χ2v) is 18.2. The molecule has 11 N–H and O–H groups in total. The Balaban J connectivity index is 1.80. The Kier molecular flexibility index (Phi) is 21.8. The van der Waals surface area contributed by atoms with Crippen LogP contribution in [0.25, 0.3) is 0 Å². The molecule has 0 bridgehead atoms. The Hall–Kier alpha value is -7.57. The number of hydrogen-bond donors (Lipinski definition) is 9. The average Bonchev–Trinajstić information content (AvgIpc) is 3.30. The van der Waals surface area contributed by atoms with Gasteiger partial charge in [0.15, 0.2) is 11.9 Å². The van der Waals surface area contributed by atoms with Crippen molar-refractivity contribution >= 4 is 52.9 Å². The topological polar surface area (TPSA) is 274 Å². The maximum atomic E-state index is 14.7. The first-order valence-electron chi connectivity index (χ1n) is 23.7. The van der Waals surface area contributed by atoms with Crippen LogP contribution in [0, 0.1) is 22.6 Å². The number of benzene rings is 4. The first kappa shape index (κ1) is 56.0. The van der Waals surface area contributed by atoms with Gasteiger partial charge < -0.3 is 56.4 Å². The second kappa shape index (κ2) is 27.6. The summed E-state index contributed by atoms with van der Waals surface area (Å²) in [6.07, 6.45) is 3.98. The number of hydrogen-bond acceptors (Lipinski definition) is 11. The maximum Gasteiger partial charge on any atom is 0.412 e. The number of carbonyl (C=O) groups excluding carboxylic acids is 4. The quantitative estimate of drug-likeness (QED) is 0.0123. The van der Waals surface area contributed by atoms with Crippen LogP contribution in [-0.2, 0) is 28.9 Å². The number of ether oxygens (including phenoxy) is 5. The average molecular weight is 984 g/mol. The first-order valence-corrected chi connectivity index (χ1v) is 23.7. The van der Waals surface area contributed by atoms with E-state index in [1.54, 1.807) is 57.2 Å². The number of anilines is 3. The fourth-order valence-electron chi connectivity index (χ4n) is 6.94. The number of halogens is 1. The SMILES string of the molecule is CCCCOc1cc(C(=O)OC)cc(CCCCNC(=N)N)c1NC(=O)c1cc(CCCCNC(=N)N)c(NC(=O)c2ccc(NC(=O)OC(C)(C)C)c(OCc3ccc(F)cc3)c2)c(OCC(C)C)c1. The van der Waals surface area contributed by atoms with Gasteiger partial charge in [0.1, 0.15) is 35.3 Å². The molecule has 4 aromatic carbocycles. The summed E-state index contributed by atoms with van der Waals surface area (Å²) in [6.45, 7) is 12.5. The van der Waals surface area contributed by atoms with Crippen LogP contribution in [0.3, 0.4) is 0 Å². The Morgan fingerprint density at radius 3 is 1.77 bits per heavy atom. The van der Waals surface area contributed by atoms with E-state index in [2.05, 4.69) is 26.6 Å². The number of amides is 3. The largest absolute Gasteiger partial charge is 0.491 e. The number of esters is 1. The lowest BCUT2D eigenvalue weighted by Gasteiger charge is -2.22. The Morgan fingerprint density at radius 1 is 0.676 bits per heavy atom. The van der Waals surface area contributed by atoms with Crippen molar-refractivity contribution in [2.24, 2.45) is 17.4 Å². The lowest BCUT2D eigenvalue weighted by atomic mass is 9.99. The summed E-state index contributed by atoms with van der Waals surface area (Å²) < 4.78 is 43.0. The number of unbranched alkanes of at least 4 members (excludes halogenated alkanes) is 3. The molecule has 0 spiro atoms. The molecule has 0 aliphatic carbocycles. The van der Waals surface area contributed by atoms with E-state index in [0.29, 0.717) is 98.5 Å². The summed E-state index contributed by atoms with van der Waals surface area (Å²) in [5, 5.41) is 29.5. The number of aryl methyl sites for hydroxylation is 2. The highest BCUT2D eigenvalue weighted by Crippen LogP contribution is 2.37. The summed E-state index contributed by atoms with van der Waals surface area (Å²) in [5.74, 6) is -1.67. The molecule has 0 fully saturated rings. The third-order valence-electron chi connectivity index (χ3n) is 10.4. The standard InChI is InChI=1S/C52H70FN9O9/c1-8-9-24-68-42-29-38(48(65)67-7)26-35(15-11-13-23-59-50(56)57)44(42)62-47(64)37-25-34(14-10-12-22-58-49(54)55)45(43(28-37)69-30-32(2)3)61-46(63)36-18-21-40(60-51(66)71-52(4,5)6)41(27-36)70-31-33-16-19-39(53)20-17-33/h16-21,25-29,32H,8-15,22-24,30-31H2,1-7H3,(H,60,66)(H,61,63)(H,62,64)(H4,54,55,58)(H4,56,57,59). The van der Waals surface area contributed by atoms with E-state index in [1.165, 1.54) is 37.4 Å². The molecule has 0 aliphatic heterocycles. The summed E-state index contributed by atoms with van der Waals surface area (Å²) >= 11 is 0. The van der Waals surface area contributed by atoms with E-state index < -0.39 is 35.3 Å². The molecular formula is C52H70FN9O9. The van der Waals surface area contributed by atoms with Crippen LogP contribution in [0.2, 0.25) is 0 Å². The van der Waals surface area contributed by atoms with Gasteiger partial charge in [-0.05, 0) is 143 Å². The van der Waals surface area contributed by atoms with Gasteiger partial charge >= 0.3 is 12.1 Å². The van der Waals surface area contributed by atoms with Crippen LogP contribution < -0.4 is 52.3 Å². The molecule has 71 heavy (non-hydrogen) atoms. The van der Waals surface area contributed by atoms with Crippen molar-refractivity contribution in [3.63, 3.8) is 0 Å². The fourth-order valence-corrected chi connectivity index (χ4v) is 6.94. The van der Waals surface area contributed by atoms with Crippen molar-refractivity contribution in [3.8, 4) is 17.2 Å². The molecule has 19 heteroatoms. The minimum Gasteiger partial charge on any atom is -0.491 e. The normalized spacial score (nSPS) is 11.0. The summed E-state index contributed by atoms with van der Waals surface area (Å²) in [7, 11) is 1.29. The van der Waals surface area contributed by atoms with Gasteiger partial charge in [0.2, 0.25) is 0 Å². The number of rotatable bonds is 26. The lowest BCUT2D eigenvalue weighted by Crippen LogP contribution is -2.30. The molecule has 0 aromatic heterocycles. The monoisotopic (exact) mass is 984 g/mol. The fraction of sp³-hybridized carbons (Fsp3) is 0.423. The molecule has 4 aromatic rings. The maximum absolute atomic E-state index is 14.7. The van der Waals surface area contributed by atoms with Crippen molar-refractivity contribution in [3.05, 3.63) is 106 Å².